The maximum atomic E-state index is 6.02. The minimum atomic E-state index is 0.479. The Morgan fingerprint density at radius 2 is 1.80 bits per heavy atom. The number of furan rings is 1. The maximum Gasteiger partial charge on any atom is 0.252 e. The largest absolute Gasteiger partial charge is 0.469 e. The number of nitrogens with two attached hydrogens (primary N) is 1. The third-order valence-electron chi connectivity index (χ3n) is 3.03. The number of nitrogens with zero attached hydrogens (tertiary/aromatic N) is 4. The fourth-order valence-electron chi connectivity index (χ4n) is 2.14. The minimum Gasteiger partial charge on any atom is -0.469 e. The average Bonchev–Trinajstić information content (AvgIpc) is 2.94. The minimum absolute atomic E-state index is 0.479. The van der Waals surface area contributed by atoms with Crippen LogP contribution in [0.3, 0.4) is 0 Å². The van der Waals surface area contributed by atoms with Crippen LogP contribution in [0.15, 0.2) is 28.9 Å². The Labute approximate surface area is 116 Å². The molecule has 0 unspecified atom stereocenters. The molecule has 6 heteroatoms. The highest BCUT2D eigenvalue weighted by Crippen LogP contribution is 2.25. The molecule has 3 rings (SSSR count). The molecule has 0 atom stereocenters. The molecule has 2 N–H and O–H groups in total. The third-order valence-corrected chi connectivity index (χ3v) is 3.03. The molecule has 0 aromatic carbocycles. The van der Waals surface area contributed by atoms with Crippen LogP contribution in [0.25, 0.3) is 17.2 Å². The zero-order valence-corrected chi connectivity index (χ0v) is 11.6. The van der Waals surface area contributed by atoms with Gasteiger partial charge < -0.3 is 10.2 Å². The SMILES string of the molecule is Cc1cc(C)nc(-n2nc(-c3ccoc3C)cc2N)n1. The molecule has 0 radical (unpaired) electrons. The Kier molecular flexibility index (Phi) is 2.78. The number of hydrogen-bond acceptors (Lipinski definition) is 5. The van der Waals surface area contributed by atoms with Crippen molar-refractivity contribution in [1.82, 2.24) is 19.7 Å². The summed E-state index contributed by atoms with van der Waals surface area (Å²) >= 11 is 0. The number of hydrogen-bond donors (Lipinski definition) is 1. The summed E-state index contributed by atoms with van der Waals surface area (Å²) in [5.74, 6) is 1.77. The molecular weight excluding hydrogens is 254 g/mol. The molecule has 0 bridgehead atoms. The van der Waals surface area contributed by atoms with E-state index in [-0.39, 0.29) is 0 Å². The standard InChI is InChI=1S/C14H15N5O/c1-8-6-9(2)17-14(16-8)19-13(15)7-12(18-19)11-4-5-20-10(11)3/h4-7H,15H2,1-3H3. The van der Waals surface area contributed by atoms with Crippen LogP contribution in [0.2, 0.25) is 0 Å². The van der Waals surface area contributed by atoms with Crippen LogP contribution in [-0.4, -0.2) is 19.7 Å². The van der Waals surface area contributed by atoms with E-state index in [0.717, 1.165) is 28.4 Å². The Hall–Kier alpha value is -2.63. The summed E-state index contributed by atoms with van der Waals surface area (Å²) in [6.45, 7) is 5.72. The van der Waals surface area contributed by atoms with Gasteiger partial charge in [-0.05, 0) is 32.9 Å². The lowest BCUT2D eigenvalue weighted by molar-refractivity contribution is 0.535. The average molecular weight is 269 g/mol. The molecule has 102 valence electrons. The second-order valence-electron chi connectivity index (χ2n) is 4.71. The predicted octanol–water partition coefficient (Wildman–Crippen LogP) is 2.43. The van der Waals surface area contributed by atoms with E-state index in [0.29, 0.717) is 11.8 Å². The summed E-state index contributed by atoms with van der Waals surface area (Å²) in [6.07, 6.45) is 1.63. The van der Waals surface area contributed by atoms with E-state index in [9.17, 15) is 0 Å². The zero-order chi connectivity index (χ0) is 14.3. The molecule has 3 aromatic rings. The topological polar surface area (TPSA) is 82.8 Å². The van der Waals surface area contributed by atoms with Crippen molar-refractivity contribution in [1.29, 1.82) is 0 Å². The summed E-state index contributed by atoms with van der Waals surface area (Å²) < 4.78 is 6.83. The molecule has 20 heavy (non-hydrogen) atoms. The lowest BCUT2D eigenvalue weighted by Gasteiger charge is -2.04. The highest BCUT2D eigenvalue weighted by molar-refractivity contribution is 5.64. The van der Waals surface area contributed by atoms with Crippen molar-refractivity contribution in [2.24, 2.45) is 0 Å². The fraction of sp³-hybridized carbons (Fsp3) is 0.214. The van der Waals surface area contributed by atoms with E-state index in [4.69, 9.17) is 10.2 Å². The van der Waals surface area contributed by atoms with Crippen LogP contribution < -0.4 is 5.73 Å². The van der Waals surface area contributed by atoms with E-state index in [1.54, 1.807) is 17.0 Å². The molecule has 0 aliphatic rings. The van der Waals surface area contributed by atoms with Crippen molar-refractivity contribution >= 4 is 5.82 Å². The van der Waals surface area contributed by atoms with Crippen molar-refractivity contribution in [3.8, 4) is 17.2 Å². The molecule has 0 saturated carbocycles. The zero-order valence-electron chi connectivity index (χ0n) is 11.6. The first-order valence-corrected chi connectivity index (χ1v) is 6.27. The van der Waals surface area contributed by atoms with Crippen LogP contribution >= 0.6 is 0 Å². The van der Waals surface area contributed by atoms with E-state index >= 15 is 0 Å². The van der Waals surface area contributed by atoms with Gasteiger partial charge in [0.1, 0.15) is 11.6 Å². The van der Waals surface area contributed by atoms with Gasteiger partial charge in [0.05, 0.1) is 12.0 Å². The van der Waals surface area contributed by atoms with Crippen LogP contribution in [-0.2, 0) is 0 Å². The third kappa shape index (κ3) is 2.05. The van der Waals surface area contributed by atoms with Gasteiger partial charge in [0, 0.05) is 23.0 Å². The van der Waals surface area contributed by atoms with Crippen LogP contribution in [0.4, 0.5) is 5.82 Å². The number of anilines is 1. The first kappa shape index (κ1) is 12.4. The molecule has 0 saturated heterocycles. The highest BCUT2D eigenvalue weighted by Gasteiger charge is 2.14. The number of aromatic nitrogens is 4. The van der Waals surface area contributed by atoms with Gasteiger partial charge in [0.15, 0.2) is 0 Å². The van der Waals surface area contributed by atoms with Crippen molar-refractivity contribution in [2.75, 3.05) is 5.73 Å². The van der Waals surface area contributed by atoms with Gasteiger partial charge >= 0.3 is 0 Å². The van der Waals surface area contributed by atoms with Gasteiger partial charge in [0.2, 0.25) is 0 Å². The lowest BCUT2D eigenvalue weighted by atomic mass is 10.2. The van der Waals surface area contributed by atoms with Crippen LogP contribution in [0.5, 0.6) is 0 Å². The Balaban J connectivity index is 2.12. The predicted molar refractivity (Wildman–Crippen MR) is 75.5 cm³/mol. The summed E-state index contributed by atoms with van der Waals surface area (Å²) in [4.78, 5) is 8.74. The second kappa shape index (κ2) is 4.48. The Bertz CT molecular complexity index is 751. The van der Waals surface area contributed by atoms with Gasteiger partial charge in [-0.15, -0.1) is 0 Å². The highest BCUT2D eigenvalue weighted by atomic mass is 16.3. The molecule has 3 heterocycles. The molecule has 0 aliphatic heterocycles. The van der Waals surface area contributed by atoms with E-state index < -0.39 is 0 Å². The monoisotopic (exact) mass is 269 g/mol. The van der Waals surface area contributed by atoms with E-state index in [1.165, 1.54) is 0 Å². The summed E-state index contributed by atoms with van der Waals surface area (Å²) in [7, 11) is 0. The van der Waals surface area contributed by atoms with E-state index in [2.05, 4.69) is 15.1 Å². The molecule has 6 nitrogen and oxygen atoms in total. The summed E-state index contributed by atoms with van der Waals surface area (Å²) in [5.41, 5.74) is 9.44. The van der Waals surface area contributed by atoms with Crippen molar-refractivity contribution < 1.29 is 4.42 Å². The van der Waals surface area contributed by atoms with Crippen molar-refractivity contribution in [3.05, 3.63) is 41.6 Å². The van der Waals surface area contributed by atoms with Crippen LogP contribution in [0, 0.1) is 20.8 Å². The Morgan fingerprint density at radius 3 is 2.40 bits per heavy atom. The maximum absolute atomic E-state index is 6.02. The quantitative estimate of drug-likeness (QED) is 0.772. The molecule has 0 fully saturated rings. The van der Waals surface area contributed by atoms with Crippen molar-refractivity contribution in [3.63, 3.8) is 0 Å². The van der Waals surface area contributed by atoms with Gasteiger partial charge in [0.25, 0.3) is 5.95 Å². The van der Waals surface area contributed by atoms with Crippen molar-refractivity contribution in [2.45, 2.75) is 20.8 Å². The van der Waals surface area contributed by atoms with E-state index in [1.807, 2.05) is 32.9 Å². The molecule has 0 amide bonds. The molecule has 0 aliphatic carbocycles. The normalized spacial score (nSPS) is 10.9. The first-order chi connectivity index (χ1) is 9.54. The first-order valence-electron chi connectivity index (χ1n) is 6.27. The number of aryl methyl sites for hydroxylation is 3. The lowest BCUT2D eigenvalue weighted by Crippen LogP contribution is -2.08. The molecule has 3 aromatic heterocycles. The second-order valence-corrected chi connectivity index (χ2v) is 4.71. The van der Waals surface area contributed by atoms with Gasteiger partial charge in [-0.1, -0.05) is 0 Å². The Morgan fingerprint density at radius 1 is 1.10 bits per heavy atom. The van der Waals surface area contributed by atoms with Gasteiger partial charge in [-0.25, -0.2) is 9.97 Å². The smallest absolute Gasteiger partial charge is 0.252 e. The number of rotatable bonds is 2. The molecule has 0 spiro atoms. The van der Waals surface area contributed by atoms with Gasteiger partial charge in [-0.3, -0.25) is 0 Å². The summed E-state index contributed by atoms with van der Waals surface area (Å²) in [5, 5.41) is 4.47. The van der Waals surface area contributed by atoms with Crippen LogP contribution in [0.1, 0.15) is 17.1 Å². The summed E-state index contributed by atoms with van der Waals surface area (Å²) in [6, 6.07) is 5.56. The fourth-order valence-corrected chi connectivity index (χ4v) is 2.14. The number of nitrogen functional groups attached to an aromatic ring is 1. The van der Waals surface area contributed by atoms with Gasteiger partial charge in [-0.2, -0.15) is 9.78 Å². The molecular formula is C14H15N5O.